The predicted octanol–water partition coefficient (Wildman–Crippen LogP) is 3.88. The van der Waals surface area contributed by atoms with Gasteiger partial charge in [0.1, 0.15) is 5.75 Å². The molecule has 1 aromatic carbocycles. The van der Waals surface area contributed by atoms with Gasteiger partial charge in [0.05, 0.1) is 7.11 Å². The molecule has 4 heteroatoms. The molecular formula is C15H18BrNOS. The number of ether oxygens (including phenoxy) is 1. The van der Waals surface area contributed by atoms with Gasteiger partial charge in [0, 0.05) is 14.7 Å². The number of hydrogen-bond donors (Lipinski definition) is 1. The Balaban J connectivity index is 1.97. The van der Waals surface area contributed by atoms with Gasteiger partial charge >= 0.3 is 0 Å². The Labute approximate surface area is 126 Å². The van der Waals surface area contributed by atoms with Gasteiger partial charge in [0.25, 0.3) is 0 Å². The second kappa shape index (κ2) is 7.08. The van der Waals surface area contributed by atoms with E-state index in [9.17, 15) is 0 Å². The molecular weight excluding hydrogens is 322 g/mol. The Morgan fingerprint density at radius 2 is 2.00 bits per heavy atom. The summed E-state index contributed by atoms with van der Waals surface area (Å²) in [5.74, 6) is 1.38. The molecule has 1 atom stereocenters. The topological polar surface area (TPSA) is 35.2 Å². The summed E-state index contributed by atoms with van der Waals surface area (Å²) in [4.78, 5) is 1.39. The Morgan fingerprint density at radius 3 is 2.53 bits per heavy atom. The highest BCUT2D eigenvalue weighted by molar-refractivity contribution is 9.10. The molecule has 0 spiro atoms. The summed E-state index contributed by atoms with van der Waals surface area (Å²) < 4.78 is 6.33. The summed E-state index contributed by atoms with van der Waals surface area (Å²) in [5, 5.41) is 2.12. The van der Waals surface area contributed by atoms with Crippen molar-refractivity contribution in [2.45, 2.75) is 12.8 Å². The fourth-order valence-electron chi connectivity index (χ4n) is 2.08. The van der Waals surface area contributed by atoms with Gasteiger partial charge in [-0.2, -0.15) is 0 Å². The lowest BCUT2D eigenvalue weighted by atomic mass is 9.95. The third kappa shape index (κ3) is 4.34. The summed E-state index contributed by atoms with van der Waals surface area (Å²) in [7, 11) is 1.69. The van der Waals surface area contributed by atoms with E-state index in [1.54, 1.807) is 18.4 Å². The summed E-state index contributed by atoms with van der Waals surface area (Å²) in [6.07, 6.45) is 2.05. The molecule has 0 aliphatic carbocycles. The van der Waals surface area contributed by atoms with E-state index in [0.717, 1.165) is 23.1 Å². The molecule has 19 heavy (non-hydrogen) atoms. The molecule has 0 amide bonds. The van der Waals surface area contributed by atoms with E-state index in [1.165, 1.54) is 10.4 Å². The number of nitrogens with two attached hydrogens (primary N) is 1. The van der Waals surface area contributed by atoms with Crippen molar-refractivity contribution in [2.75, 3.05) is 13.7 Å². The van der Waals surface area contributed by atoms with E-state index in [-0.39, 0.29) is 0 Å². The van der Waals surface area contributed by atoms with E-state index < -0.39 is 0 Å². The minimum Gasteiger partial charge on any atom is -0.497 e. The fourth-order valence-corrected chi connectivity index (χ4v) is 3.65. The molecule has 102 valence electrons. The summed E-state index contributed by atoms with van der Waals surface area (Å²) in [6.45, 7) is 0.710. The number of hydrogen-bond acceptors (Lipinski definition) is 3. The molecule has 0 radical (unpaired) electrons. The van der Waals surface area contributed by atoms with Crippen LogP contribution in [-0.2, 0) is 12.8 Å². The van der Waals surface area contributed by atoms with Crippen molar-refractivity contribution in [2.24, 2.45) is 11.7 Å². The van der Waals surface area contributed by atoms with Crippen LogP contribution in [0.1, 0.15) is 10.4 Å². The van der Waals surface area contributed by atoms with Crippen LogP contribution in [0.4, 0.5) is 0 Å². The zero-order valence-corrected chi connectivity index (χ0v) is 13.3. The fraction of sp³-hybridized carbons (Fsp3) is 0.333. The van der Waals surface area contributed by atoms with E-state index in [0.29, 0.717) is 12.5 Å². The van der Waals surface area contributed by atoms with Crippen molar-refractivity contribution >= 4 is 27.3 Å². The summed E-state index contributed by atoms with van der Waals surface area (Å²) in [6, 6.07) is 10.4. The molecule has 0 saturated carbocycles. The van der Waals surface area contributed by atoms with Crippen molar-refractivity contribution in [3.05, 3.63) is 50.6 Å². The highest BCUT2D eigenvalue weighted by Crippen LogP contribution is 2.24. The van der Waals surface area contributed by atoms with Gasteiger partial charge in [0.2, 0.25) is 0 Å². The molecule has 2 N–H and O–H groups in total. The van der Waals surface area contributed by atoms with Gasteiger partial charge in [-0.05, 0) is 65.0 Å². The molecule has 0 bridgehead atoms. The quantitative estimate of drug-likeness (QED) is 0.866. The molecule has 2 rings (SSSR count). The zero-order valence-electron chi connectivity index (χ0n) is 10.9. The maximum absolute atomic E-state index is 5.90. The molecule has 0 aliphatic heterocycles. The molecule has 0 saturated heterocycles. The monoisotopic (exact) mass is 339 g/mol. The van der Waals surface area contributed by atoms with Gasteiger partial charge in [0.15, 0.2) is 0 Å². The molecule has 0 aliphatic rings. The average Bonchev–Trinajstić information content (AvgIpc) is 2.84. The Morgan fingerprint density at radius 1 is 1.26 bits per heavy atom. The normalized spacial score (nSPS) is 12.4. The first-order valence-electron chi connectivity index (χ1n) is 6.27. The van der Waals surface area contributed by atoms with Crippen LogP contribution in [0.15, 0.2) is 40.2 Å². The summed E-state index contributed by atoms with van der Waals surface area (Å²) in [5.41, 5.74) is 7.21. The smallest absolute Gasteiger partial charge is 0.118 e. The highest BCUT2D eigenvalue weighted by atomic mass is 79.9. The number of halogens is 1. The molecule has 0 fully saturated rings. The predicted molar refractivity (Wildman–Crippen MR) is 85.0 cm³/mol. The molecule has 2 nitrogen and oxygen atoms in total. The number of rotatable bonds is 6. The Kier molecular flexibility index (Phi) is 5.43. The lowest BCUT2D eigenvalue weighted by molar-refractivity contribution is 0.414. The van der Waals surface area contributed by atoms with Crippen molar-refractivity contribution in [1.29, 1.82) is 0 Å². The van der Waals surface area contributed by atoms with Gasteiger partial charge in [-0.1, -0.05) is 12.1 Å². The minimum absolute atomic E-state index is 0.485. The molecule has 1 unspecified atom stereocenters. The standard InChI is InChI=1S/C15H18BrNOS/c1-18-14-4-2-11(3-5-14)6-12(9-17)7-15-8-13(16)10-19-15/h2-5,8,10,12H,6-7,9,17H2,1H3. The van der Waals surface area contributed by atoms with Crippen LogP contribution >= 0.6 is 27.3 Å². The highest BCUT2D eigenvalue weighted by Gasteiger charge is 2.10. The van der Waals surface area contributed by atoms with Gasteiger partial charge in [-0.3, -0.25) is 0 Å². The maximum atomic E-state index is 5.90. The van der Waals surface area contributed by atoms with Gasteiger partial charge in [-0.25, -0.2) is 0 Å². The SMILES string of the molecule is COc1ccc(CC(CN)Cc2cc(Br)cs2)cc1. The van der Waals surface area contributed by atoms with E-state index in [1.807, 2.05) is 12.1 Å². The lowest BCUT2D eigenvalue weighted by Gasteiger charge is -2.14. The molecule has 1 heterocycles. The van der Waals surface area contributed by atoms with Crippen molar-refractivity contribution in [3.63, 3.8) is 0 Å². The van der Waals surface area contributed by atoms with Crippen molar-refractivity contribution < 1.29 is 4.74 Å². The van der Waals surface area contributed by atoms with E-state index in [4.69, 9.17) is 10.5 Å². The van der Waals surface area contributed by atoms with Crippen LogP contribution in [-0.4, -0.2) is 13.7 Å². The number of methoxy groups -OCH3 is 1. The third-order valence-electron chi connectivity index (χ3n) is 3.13. The number of benzene rings is 1. The first kappa shape index (κ1) is 14.6. The zero-order chi connectivity index (χ0) is 13.7. The Hall–Kier alpha value is -0.840. The average molecular weight is 340 g/mol. The van der Waals surface area contributed by atoms with E-state index in [2.05, 4.69) is 39.5 Å². The first-order valence-corrected chi connectivity index (χ1v) is 7.94. The van der Waals surface area contributed by atoms with Crippen molar-refractivity contribution in [1.82, 2.24) is 0 Å². The van der Waals surface area contributed by atoms with Gasteiger partial charge < -0.3 is 10.5 Å². The summed E-state index contributed by atoms with van der Waals surface area (Å²) >= 11 is 5.28. The van der Waals surface area contributed by atoms with Crippen LogP contribution in [0.2, 0.25) is 0 Å². The van der Waals surface area contributed by atoms with Crippen molar-refractivity contribution in [3.8, 4) is 5.75 Å². The van der Waals surface area contributed by atoms with Crippen LogP contribution in [0.5, 0.6) is 5.75 Å². The third-order valence-corrected chi connectivity index (χ3v) is 4.85. The first-order chi connectivity index (χ1) is 9.21. The van der Waals surface area contributed by atoms with E-state index >= 15 is 0 Å². The lowest BCUT2D eigenvalue weighted by Crippen LogP contribution is -2.18. The van der Waals surface area contributed by atoms with Crippen LogP contribution < -0.4 is 10.5 Å². The molecule has 2 aromatic rings. The minimum atomic E-state index is 0.485. The second-order valence-electron chi connectivity index (χ2n) is 4.59. The van der Waals surface area contributed by atoms with Crippen LogP contribution in [0.25, 0.3) is 0 Å². The second-order valence-corrected chi connectivity index (χ2v) is 6.50. The van der Waals surface area contributed by atoms with Crippen LogP contribution in [0, 0.1) is 5.92 Å². The van der Waals surface area contributed by atoms with Crippen LogP contribution in [0.3, 0.4) is 0 Å². The number of thiophene rings is 1. The maximum Gasteiger partial charge on any atom is 0.118 e. The Bertz CT molecular complexity index is 509. The largest absolute Gasteiger partial charge is 0.497 e. The molecule has 1 aromatic heterocycles. The van der Waals surface area contributed by atoms with Gasteiger partial charge in [-0.15, -0.1) is 11.3 Å².